The Kier molecular flexibility index (Phi) is 4.07. The molecule has 0 saturated heterocycles. The zero-order chi connectivity index (χ0) is 17.9. The first-order chi connectivity index (χ1) is 12.7. The number of rotatable bonds is 4. The van der Waals surface area contributed by atoms with Crippen molar-refractivity contribution in [2.24, 2.45) is 0 Å². The number of para-hydroxylation sites is 1. The molecular weight excluding hydrogens is 328 g/mol. The quantitative estimate of drug-likeness (QED) is 0.715. The number of nitrogens with one attached hydrogen (secondary N) is 2. The third-order valence-corrected chi connectivity index (χ3v) is 4.11. The fourth-order valence-electron chi connectivity index (χ4n) is 2.79. The molecule has 2 N–H and O–H groups in total. The number of benzene rings is 2. The number of hydrogen-bond donors (Lipinski definition) is 2. The smallest absolute Gasteiger partial charge is 0.251 e. The Hall–Kier alpha value is -3.67. The van der Waals surface area contributed by atoms with E-state index in [2.05, 4.69) is 15.7 Å². The average Bonchev–Trinajstić information content (AvgIpc) is 3.28. The molecule has 0 radical (unpaired) electrons. The maximum Gasteiger partial charge on any atom is 0.251 e. The highest BCUT2D eigenvalue weighted by Gasteiger charge is 2.18. The van der Waals surface area contributed by atoms with Gasteiger partial charge in [-0.15, -0.1) is 0 Å². The molecule has 1 aromatic heterocycles. The largest absolute Gasteiger partial charge is 0.348 e. The zero-order valence-corrected chi connectivity index (χ0v) is 13.8. The van der Waals surface area contributed by atoms with E-state index in [1.807, 2.05) is 42.6 Å². The molecule has 26 heavy (non-hydrogen) atoms. The van der Waals surface area contributed by atoms with Gasteiger partial charge in [-0.2, -0.15) is 5.10 Å². The summed E-state index contributed by atoms with van der Waals surface area (Å²) in [5, 5.41) is 9.81. The Bertz CT molecular complexity index is 1010. The number of anilines is 1. The highest BCUT2D eigenvalue weighted by molar-refractivity contribution is 6.04. The van der Waals surface area contributed by atoms with Crippen molar-refractivity contribution in [3.8, 4) is 5.69 Å². The minimum Gasteiger partial charge on any atom is -0.348 e. The molecule has 0 fully saturated rings. The van der Waals surface area contributed by atoms with E-state index in [9.17, 15) is 9.59 Å². The minimum atomic E-state index is -0.268. The van der Waals surface area contributed by atoms with Crippen LogP contribution in [0.4, 0.5) is 5.69 Å². The van der Waals surface area contributed by atoms with E-state index in [4.69, 9.17) is 0 Å². The molecule has 0 unspecified atom stereocenters. The second kappa shape index (κ2) is 6.68. The second-order valence-corrected chi connectivity index (χ2v) is 5.93. The molecule has 6 nitrogen and oxygen atoms in total. The monoisotopic (exact) mass is 344 g/mol. The summed E-state index contributed by atoms with van der Waals surface area (Å²) in [6, 6.07) is 15.1. The maximum atomic E-state index is 12.1. The van der Waals surface area contributed by atoms with Crippen LogP contribution in [0, 0.1) is 0 Å². The van der Waals surface area contributed by atoms with Crippen molar-refractivity contribution in [3.63, 3.8) is 0 Å². The number of carbonyl (C=O) groups excluding carboxylic acids is 2. The predicted octanol–water partition coefficient (Wildman–Crippen LogP) is 2.77. The first kappa shape index (κ1) is 15.8. The summed E-state index contributed by atoms with van der Waals surface area (Å²) in [7, 11) is 0. The van der Waals surface area contributed by atoms with Crippen LogP contribution in [0.2, 0.25) is 0 Å². The van der Waals surface area contributed by atoms with Gasteiger partial charge in [-0.3, -0.25) is 9.59 Å². The van der Waals surface area contributed by atoms with E-state index in [1.54, 1.807) is 29.1 Å². The molecule has 2 heterocycles. The fourth-order valence-corrected chi connectivity index (χ4v) is 2.79. The first-order valence-electron chi connectivity index (χ1n) is 8.19. The predicted molar refractivity (Wildman–Crippen MR) is 98.8 cm³/mol. The molecule has 1 aliphatic rings. The summed E-state index contributed by atoms with van der Waals surface area (Å²) in [4.78, 5) is 23.8. The molecule has 6 heteroatoms. The van der Waals surface area contributed by atoms with Crippen molar-refractivity contribution in [1.29, 1.82) is 0 Å². The van der Waals surface area contributed by atoms with Gasteiger partial charge in [0.25, 0.3) is 5.91 Å². The average molecular weight is 344 g/mol. The summed E-state index contributed by atoms with van der Waals surface area (Å²) >= 11 is 0. The van der Waals surface area contributed by atoms with Gasteiger partial charge < -0.3 is 10.6 Å². The van der Waals surface area contributed by atoms with E-state index in [0.29, 0.717) is 17.8 Å². The lowest BCUT2D eigenvalue weighted by Gasteiger charge is -2.03. The lowest BCUT2D eigenvalue weighted by molar-refractivity contribution is -0.111. The van der Waals surface area contributed by atoms with Crippen molar-refractivity contribution < 1.29 is 9.59 Å². The number of nitrogens with zero attached hydrogens (tertiary/aromatic N) is 2. The number of carbonyl (C=O) groups is 2. The standard InChI is InChI=1S/C20H16N4O2/c25-19(23-16-8-7-15-12-21-20(26)18(15)10-16)9-6-14-11-22-24(13-14)17-4-2-1-3-5-17/h1-11,13H,12H2,(H,21,26)(H,23,25)/b9-6-. The van der Waals surface area contributed by atoms with E-state index in [0.717, 1.165) is 16.8 Å². The SMILES string of the molecule is O=C(/C=C\c1cnn(-c2ccccc2)c1)Nc1ccc2c(c1)C(=O)NC2. The number of amides is 2. The normalized spacial score (nSPS) is 12.8. The summed E-state index contributed by atoms with van der Waals surface area (Å²) in [5.41, 5.74) is 3.91. The Balaban J connectivity index is 1.43. The molecule has 2 amide bonds. The molecule has 0 spiro atoms. The van der Waals surface area contributed by atoms with Crippen LogP contribution in [0.3, 0.4) is 0 Å². The van der Waals surface area contributed by atoms with Crippen LogP contribution < -0.4 is 10.6 Å². The third-order valence-electron chi connectivity index (χ3n) is 4.11. The van der Waals surface area contributed by atoms with Crippen LogP contribution in [0.1, 0.15) is 21.5 Å². The number of hydrogen-bond acceptors (Lipinski definition) is 3. The highest BCUT2D eigenvalue weighted by atomic mass is 16.2. The molecule has 128 valence electrons. The Morgan fingerprint density at radius 3 is 2.88 bits per heavy atom. The van der Waals surface area contributed by atoms with Crippen LogP contribution in [0.15, 0.2) is 67.0 Å². The van der Waals surface area contributed by atoms with E-state index < -0.39 is 0 Å². The Labute approximate surface area is 150 Å². The van der Waals surface area contributed by atoms with Gasteiger partial charge in [0.2, 0.25) is 5.91 Å². The van der Waals surface area contributed by atoms with Crippen molar-refractivity contribution in [1.82, 2.24) is 15.1 Å². The lowest BCUT2D eigenvalue weighted by Crippen LogP contribution is -2.13. The van der Waals surface area contributed by atoms with Crippen molar-refractivity contribution in [2.75, 3.05) is 5.32 Å². The second-order valence-electron chi connectivity index (χ2n) is 5.93. The van der Waals surface area contributed by atoms with Gasteiger partial charge >= 0.3 is 0 Å². The maximum absolute atomic E-state index is 12.1. The molecule has 1 aliphatic heterocycles. The van der Waals surface area contributed by atoms with E-state index in [-0.39, 0.29) is 11.8 Å². The van der Waals surface area contributed by atoms with Crippen LogP contribution in [-0.2, 0) is 11.3 Å². The van der Waals surface area contributed by atoms with Crippen LogP contribution in [0.5, 0.6) is 0 Å². The highest BCUT2D eigenvalue weighted by Crippen LogP contribution is 2.20. The van der Waals surface area contributed by atoms with E-state index in [1.165, 1.54) is 6.08 Å². The van der Waals surface area contributed by atoms with Crippen LogP contribution in [-0.4, -0.2) is 21.6 Å². The molecule has 4 rings (SSSR count). The topological polar surface area (TPSA) is 76.0 Å². The Morgan fingerprint density at radius 2 is 2.04 bits per heavy atom. The molecular formula is C20H16N4O2. The summed E-state index contributed by atoms with van der Waals surface area (Å²) in [5.74, 6) is -0.379. The number of fused-ring (bicyclic) bond motifs is 1. The first-order valence-corrected chi connectivity index (χ1v) is 8.19. The minimum absolute atomic E-state index is 0.111. The zero-order valence-electron chi connectivity index (χ0n) is 13.8. The van der Waals surface area contributed by atoms with Crippen molar-refractivity contribution >= 4 is 23.6 Å². The van der Waals surface area contributed by atoms with Crippen LogP contribution >= 0.6 is 0 Å². The van der Waals surface area contributed by atoms with Gasteiger partial charge in [-0.05, 0) is 35.9 Å². The molecule has 2 aromatic carbocycles. The molecule has 0 atom stereocenters. The van der Waals surface area contributed by atoms with Gasteiger partial charge in [-0.1, -0.05) is 24.3 Å². The van der Waals surface area contributed by atoms with Crippen molar-refractivity contribution in [3.05, 3.63) is 83.7 Å². The summed E-state index contributed by atoms with van der Waals surface area (Å²) in [6.07, 6.45) is 6.68. The van der Waals surface area contributed by atoms with Crippen LogP contribution in [0.25, 0.3) is 11.8 Å². The summed E-state index contributed by atoms with van der Waals surface area (Å²) < 4.78 is 1.75. The van der Waals surface area contributed by atoms with Crippen molar-refractivity contribution in [2.45, 2.75) is 6.54 Å². The molecule has 0 aliphatic carbocycles. The van der Waals surface area contributed by atoms with Gasteiger partial charge in [0.15, 0.2) is 0 Å². The van der Waals surface area contributed by atoms with Gasteiger partial charge in [-0.25, -0.2) is 4.68 Å². The molecule has 0 saturated carbocycles. The third kappa shape index (κ3) is 3.25. The fraction of sp³-hybridized carbons (Fsp3) is 0.0500. The number of aromatic nitrogens is 2. The van der Waals surface area contributed by atoms with Gasteiger partial charge in [0, 0.05) is 35.6 Å². The molecule has 0 bridgehead atoms. The summed E-state index contributed by atoms with van der Waals surface area (Å²) in [6.45, 7) is 0.535. The van der Waals surface area contributed by atoms with Gasteiger partial charge in [0.05, 0.1) is 11.9 Å². The Morgan fingerprint density at radius 1 is 1.19 bits per heavy atom. The lowest BCUT2D eigenvalue weighted by atomic mass is 10.1. The molecule has 3 aromatic rings. The van der Waals surface area contributed by atoms with E-state index >= 15 is 0 Å². The van der Waals surface area contributed by atoms with Gasteiger partial charge in [0.1, 0.15) is 0 Å².